The van der Waals surface area contributed by atoms with Crippen LogP contribution in [0.15, 0.2) is 0 Å². The van der Waals surface area contributed by atoms with Gasteiger partial charge in [-0.3, -0.25) is 0 Å². The van der Waals surface area contributed by atoms with E-state index in [1.807, 2.05) is 7.05 Å². The molecular formula is C9H19NO. The molecule has 0 atom stereocenters. The van der Waals surface area contributed by atoms with Gasteiger partial charge in [0.15, 0.2) is 0 Å². The first-order valence-corrected chi connectivity index (χ1v) is 4.48. The lowest BCUT2D eigenvalue weighted by Gasteiger charge is -2.35. The Labute approximate surface area is 69.0 Å². The molecule has 0 unspecified atom stereocenters. The molecule has 2 heteroatoms. The van der Waals surface area contributed by atoms with Crippen LogP contribution in [0.5, 0.6) is 0 Å². The third-order valence-electron chi connectivity index (χ3n) is 2.98. The van der Waals surface area contributed by atoms with Crippen molar-refractivity contribution in [2.24, 2.45) is 5.41 Å². The summed E-state index contributed by atoms with van der Waals surface area (Å²) in [6.07, 6.45) is 4.76. The van der Waals surface area contributed by atoms with Crippen LogP contribution in [0.1, 0.15) is 32.6 Å². The van der Waals surface area contributed by atoms with Gasteiger partial charge < -0.3 is 10.4 Å². The van der Waals surface area contributed by atoms with Gasteiger partial charge in [0.05, 0.1) is 0 Å². The van der Waals surface area contributed by atoms with Crippen LogP contribution in [0.2, 0.25) is 0 Å². The van der Waals surface area contributed by atoms with E-state index in [1.54, 1.807) is 0 Å². The van der Waals surface area contributed by atoms with Crippen LogP contribution in [0, 0.1) is 5.41 Å². The van der Waals surface area contributed by atoms with Gasteiger partial charge in [-0.25, -0.2) is 0 Å². The highest BCUT2D eigenvalue weighted by molar-refractivity contribution is 4.83. The van der Waals surface area contributed by atoms with Crippen molar-refractivity contribution in [2.45, 2.75) is 38.6 Å². The maximum Gasteiger partial charge on any atom is 0.0484 e. The molecule has 1 fully saturated rings. The van der Waals surface area contributed by atoms with E-state index in [0.717, 1.165) is 12.8 Å². The Balaban J connectivity index is 2.35. The molecule has 0 aliphatic heterocycles. The lowest BCUT2D eigenvalue weighted by atomic mass is 9.75. The Kier molecular flexibility index (Phi) is 2.90. The Bertz CT molecular complexity index is 117. The fourth-order valence-electron chi connectivity index (χ4n) is 1.76. The summed E-state index contributed by atoms with van der Waals surface area (Å²) < 4.78 is 0. The van der Waals surface area contributed by atoms with Crippen molar-refractivity contribution in [1.82, 2.24) is 5.32 Å². The summed E-state index contributed by atoms with van der Waals surface area (Å²) in [5.74, 6) is 0. The average Bonchev–Trinajstić information content (AvgIpc) is 2.06. The predicted octanol–water partition coefficient (Wildman–Crippen LogP) is 1.15. The first kappa shape index (κ1) is 9.01. The zero-order valence-electron chi connectivity index (χ0n) is 7.56. The zero-order valence-corrected chi connectivity index (χ0v) is 7.56. The van der Waals surface area contributed by atoms with Crippen molar-refractivity contribution in [3.8, 4) is 0 Å². The van der Waals surface area contributed by atoms with E-state index in [-0.39, 0.29) is 5.41 Å². The van der Waals surface area contributed by atoms with E-state index in [0.29, 0.717) is 12.6 Å². The van der Waals surface area contributed by atoms with Gasteiger partial charge in [0.2, 0.25) is 0 Å². The summed E-state index contributed by atoms with van der Waals surface area (Å²) in [5.41, 5.74) is 0.216. The minimum absolute atomic E-state index is 0.216. The van der Waals surface area contributed by atoms with Crippen LogP contribution in [0.25, 0.3) is 0 Å². The number of nitrogens with one attached hydrogen (secondary N) is 1. The van der Waals surface area contributed by atoms with Crippen molar-refractivity contribution in [3.63, 3.8) is 0 Å². The molecule has 2 nitrogen and oxygen atoms in total. The molecule has 0 aromatic rings. The van der Waals surface area contributed by atoms with E-state index < -0.39 is 0 Å². The lowest BCUT2D eigenvalue weighted by Crippen LogP contribution is -2.36. The van der Waals surface area contributed by atoms with Gasteiger partial charge in [-0.1, -0.05) is 6.92 Å². The van der Waals surface area contributed by atoms with E-state index in [9.17, 15) is 0 Å². The van der Waals surface area contributed by atoms with Crippen LogP contribution < -0.4 is 5.32 Å². The molecule has 1 rings (SSSR count). The number of hydrogen-bond donors (Lipinski definition) is 2. The Hall–Kier alpha value is -0.0800. The molecule has 0 saturated heterocycles. The van der Waals surface area contributed by atoms with Crippen molar-refractivity contribution >= 4 is 0 Å². The minimum Gasteiger partial charge on any atom is -0.396 e. The molecule has 0 radical (unpaired) electrons. The summed E-state index contributed by atoms with van der Waals surface area (Å²) in [6, 6.07) is 0.689. The van der Waals surface area contributed by atoms with E-state index in [2.05, 4.69) is 12.2 Å². The lowest BCUT2D eigenvalue weighted by molar-refractivity contribution is 0.0899. The van der Waals surface area contributed by atoms with Gasteiger partial charge >= 0.3 is 0 Å². The molecular weight excluding hydrogens is 138 g/mol. The maximum atomic E-state index is 9.09. The largest absolute Gasteiger partial charge is 0.396 e. The van der Waals surface area contributed by atoms with Gasteiger partial charge in [0.25, 0.3) is 0 Å². The molecule has 1 aliphatic carbocycles. The van der Waals surface area contributed by atoms with E-state index in [1.165, 1.54) is 12.8 Å². The number of hydrogen-bond acceptors (Lipinski definition) is 2. The zero-order chi connectivity index (χ0) is 8.32. The smallest absolute Gasteiger partial charge is 0.0484 e. The van der Waals surface area contributed by atoms with Gasteiger partial charge in [0, 0.05) is 12.6 Å². The van der Waals surface area contributed by atoms with Crippen LogP contribution in [-0.2, 0) is 0 Å². The Morgan fingerprint density at radius 2 is 2.00 bits per heavy atom. The number of aliphatic hydroxyl groups is 1. The fraction of sp³-hybridized carbons (Fsp3) is 1.00. The summed E-state index contributed by atoms with van der Waals surface area (Å²) in [7, 11) is 2.02. The molecule has 0 spiro atoms. The standard InChI is InChI=1S/C9H19NO/c1-9(7-11)5-3-8(10-2)4-6-9/h8,10-11H,3-7H2,1-2H3. The van der Waals surface area contributed by atoms with E-state index >= 15 is 0 Å². The molecule has 1 saturated carbocycles. The molecule has 11 heavy (non-hydrogen) atoms. The Morgan fingerprint density at radius 1 is 1.45 bits per heavy atom. The Morgan fingerprint density at radius 3 is 2.36 bits per heavy atom. The molecule has 0 aromatic heterocycles. The molecule has 1 aliphatic rings. The van der Waals surface area contributed by atoms with Gasteiger partial charge in [0.1, 0.15) is 0 Å². The first-order chi connectivity index (χ1) is 5.20. The summed E-state index contributed by atoms with van der Waals surface area (Å²) in [6.45, 7) is 2.53. The summed E-state index contributed by atoms with van der Waals surface area (Å²) >= 11 is 0. The summed E-state index contributed by atoms with van der Waals surface area (Å²) in [4.78, 5) is 0. The molecule has 0 amide bonds. The van der Waals surface area contributed by atoms with Crippen LogP contribution in [0.4, 0.5) is 0 Å². The SMILES string of the molecule is CNC1CCC(C)(CO)CC1. The molecule has 2 N–H and O–H groups in total. The van der Waals surface area contributed by atoms with Gasteiger partial charge in [-0.2, -0.15) is 0 Å². The molecule has 66 valence electrons. The summed E-state index contributed by atoms with van der Waals surface area (Å²) in [5, 5.41) is 12.4. The van der Waals surface area contributed by atoms with Crippen molar-refractivity contribution < 1.29 is 5.11 Å². The maximum absolute atomic E-state index is 9.09. The second-order valence-corrected chi connectivity index (χ2v) is 4.03. The molecule has 0 heterocycles. The highest BCUT2D eigenvalue weighted by Gasteiger charge is 2.29. The van der Waals surface area contributed by atoms with Crippen LogP contribution in [0.3, 0.4) is 0 Å². The minimum atomic E-state index is 0.216. The van der Waals surface area contributed by atoms with Crippen molar-refractivity contribution in [3.05, 3.63) is 0 Å². The highest BCUT2D eigenvalue weighted by atomic mass is 16.3. The predicted molar refractivity (Wildman–Crippen MR) is 46.5 cm³/mol. The van der Waals surface area contributed by atoms with E-state index in [4.69, 9.17) is 5.11 Å². The van der Waals surface area contributed by atoms with Gasteiger partial charge in [-0.05, 0) is 38.1 Å². The van der Waals surface area contributed by atoms with Crippen molar-refractivity contribution in [2.75, 3.05) is 13.7 Å². The second kappa shape index (κ2) is 3.55. The number of aliphatic hydroxyl groups excluding tert-OH is 1. The van der Waals surface area contributed by atoms with Crippen LogP contribution in [-0.4, -0.2) is 24.8 Å². The average molecular weight is 157 g/mol. The first-order valence-electron chi connectivity index (χ1n) is 4.48. The topological polar surface area (TPSA) is 32.3 Å². The second-order valence-electron chi connectivity index (χ2n) is 4.03. The number of rotatable bonds is 2. The third-order valence-corrected chi connectivity index (χ3v) is 2.98. The monoisotopic (exact) mass is 157 g/mol. The van der Waals surface area contributed by atoms with Crippen LogP contribution >= 0.6 is 0 Å². The highest BCUT2D eigenvalue weighted by Crippen LogP contribution is 2.34. The molecule has 0 aromatic carbocycles. The van der Waals surface area contributed by atoms with Crippen molar-refractivity contribution in [1.29, 1.82) is 0 Å². The quantitative estimate of drug-likeness (QED) is 0.630. The normalized spacial score (nSPS) is 39.0. The van der Waals surface area contributed by atoms with Gasteiger partial charge in [-0.15, -0.1) is 0 Å². The molecule has 0 bridgehead atoms. The third kappa shape index (κ3) is 2.17. The fourth-order valence-corrected chi connectivity index (χ4v) is 1.76.